The molecule has 1 aromatic heterocycles. The molecule has 0 aliphatic carbocycles. The number of hydrogen-bond donors (Lipinski definition) is 2. The molecule has 2 rings (SSSR count). The third kappa shape index (κ3) is 2.97. The molecule has 3 N–H and O–H groups in total. The number of nitrogens with two attached hydrogens (primary N) is 1. The summed E-state index contributed by atoms with van der Waals surface area (Å²) in [6.07, 6.45) is 3.24. The lowest BCUT2D eigenvalue weighted by atomic mass is 10.2. The molecular weight excluding hydrogens is 283 g/mol. The first kappa shape index (κ1) is 14.5. The number of aryl methyl sites for hydroxylation is 1. The van der Waals surface area contributed by atoms with Crippen LogP contribution in [0, 0.1) is 12.7 Å². The Morgan fingerprint density at radius 1 is 1.45 bits per heavy atom. The van der Waals surface area contributed by atoms with Gasteiger partial charge in [0.1, 0.15) is 5.82 Å². The van der Waals surface area contributed by atoms with E-state index in [9.17, 15) is 12.8 Å². The molecule has 0 saturated carbocycles. The fourth-order valence-electron chi connectivity index (χ4n) is 1.77. The number of nitrogens with zero attached hydrogens (tertiary/aromatic N) is 2. The monoisotopic (exact) mass is 298 g/mol. The Kier molecular flexibility index (Phi) is 3.78. The molecule has 20 heavy (non-hydrogen) atoms. The summed E-state index contributed by atoms with van der Waals surface area (Å²) in [6.45, 7) is 1.47. The van der Waals surface area contributed by atoms with Gasteiger partial charge in [0.2, 0.25) is 10.0 Å². The van der Waals surface area contributed by atoms with Gasteiger partial charge in [0.05, 0.1) is 11.1 Å². The van der Waals surface area contributed by atoms with Crippen LogP contribution >= 0.6 is 0 Å². The molecule has 0 saturated heterocycles. The minimum Gasteiger partial charge on any atom is -0.399 e. The second kappa shape index (κ2) is 5.22. The Morgan fingerprint density at radius 3 is 2.75 bits per heavy atom. The van der Waals surface area contributed by atoms with Crippen LogP contribution in [-0.2, 0) is 23.6 Å². The number of halogens is 1. The first-order valence-corrected chi connectivity index (χ1v) is 7.31. The number of sulfonamides is 1. The van der Waals surface area contributed by atoms with E-state index in [1.807, 2.05) is 0 Å². The summed E-state index contributed by atoms with van der Waals surface area (Å²) in [5.74, 6) is -0.647. The molecule has 0 bridgehead atoms. The van der Waals surface area contributed by atoms with Gasteiger partial charge in [0.15, 0.2) is 0 Å². The van der Waals surface area contributed by atoms with E-state index in [4.69, 9.17) is 5.73 Å². The number of hydrogen-bond acceptors (Lipinski definition) is 4. The van der Waals surface area contributed by atoms with Gasteiger partial charge in [0.25, 0.3) is 0 Å². The number of aromatic nitrogens is 2. The average Bonchev–Trinajstić information content (AvgIpc) is 2.77. The van der Waals surface area contributed by atoms with Gasteiger partial charge in [-0.15, -0.1) is 0 Å². The van der Waals surface area contributed by atoms with Crippen molar-refractivity contribution in [2.45, 2.75) is 18.4 Å². The zero-order valence-corrected chi connectivity index (χ0v) is 11.9. The third-order valence-corrected chi connectivity index (χ3v) is 4.36. The Balaban J connectivity index is 2.27. The molecule has 0 spiro atoms. The van der Waals surface area contributed by atoms with E-state index < -0.39 is 15.8 Å². The molecule has 2 aromatic rings. The molecule has 1 aromatic carbocycles. The van der Waals surface area contributed by atoms with Crippen molar-refractivity contribution in [3.63, 3.8) is 0 Å². The number of nitrogen functional groups attached to an aromatic ring is 1. The van der Waals surface area contributed by atoms with E-state index in [0.29, 0.717) is 5.56 Å². The van der Waals surface area contributed by atoms with Crippen LogP contribution in [0.1, 0.15) is 11.1 Å². The van der Waals surface area contributed by atoms with Crippen LogP contribution in [0.15, 0.2) is 29.4 Å². The van der Waals surface area contributed by atoms with Crippen LogP contribution in [0.4, 0.5) is 10.1 Å². The minimum absolute atomic E-state index is 0.0397. The molecule has 0 aliphatic rings. The number of nitrogens with one attached hydrogen (secondary N) is 1. The van der Waals surface area contributed by atoms with Crippen molar-refractivity contribution >= 4 is 15.7 Å². The summed E-state index contributed by atoms with van der Waals surface area (Å²) < 4.78 is 41.9. The van der Waals surface area contributed by atoms with Crippen molar-refractivity contribution in [1.82, 2.24) is 14.5 Å². The first-order valence-electron chi connectivity index (χ1n) is 5.82. The van der Waals surface area contributed by atoms with Gasteiger partial charge in [-0.25, -0.2) is 17.5 Å². The van der Waals surface area contributed by atoms with Gasteiger partial charge in [-0.05, 0) is 19.1 Å². The summed E-state index contributed by atoms with van der Waals surface area (Å²) in [5, 5.41) is 3.94. The molecule has 0 atom stereocenters. The molecule has 0 amide bonds. The summed E-state index contributed by atoms with van der Waals surface area (Å²) >= 11 is 0. The zero-order valence-electron chi connectivity index (χ0n) is 11.1. The average molecular weight is 298 g/mol. The third-order valence-electron chi connectivity index (χ3n) is 2.83. The van der Waals surface area contributed by atoms with Gasteiger partial charge in [-0.2, -0.15) is 5.10 Å². The number of rotatable bonds is 4. The van der Waals surface area contributed by atoms with Crippen LogP contribution in [0.25, 0.3) is 0 Å². The van der Waals surface area contributed by atoms with Crippen molar-refractivity contribution < 1.29 is 12.8 Å². The maximum absolute atomic E-state index is 13.6. The molecular formula is C12H15FN4O2S. The number of anilines is 1. The molecule has 0 radical (unpaired) electrons. The second-order valence-corrected chi connectivity index (χ2v) is 6.21. The van der Waals surface area contributed by atoms with E-state index in [2.05, 4.69) is 9.82 Å². The fraction of sp³-hybridized carbons (Fsp3) is 0.250. The minimum atomic E-state index is -3.83. The van der Waals surface area contributed by atoms with Crippen molar-refractivity contribution in [2.24, 2.45) is 7.05 Å². The predicted molar refractivity (Wildman–Crippen MR) is 72.8 cm³/mol. The Bertz CT molecular complexity index is 740. The fourth-order valence-corrected chi connectivity index (χ4v) is 3.08. The van der Waals surface area contributed by atoms with Crippen LogP contribution in [0.3, 0.4) is 0 Å². The summed E-state index contributed by atoms with van der Waals surface area (Å²) in [4.78, 5) is -0.154. The maximum atomic E-state index is 13.6. The molecule has 1 heterocycles. The highest BCUT2D eigenvalue weighted by Gasteiger charge is 2.19. The Hall–Kier alpha value is -1.93. The molecule has 0 aliphatic heterocycles. The largest absolute Gasteiger partial charge is 0.399 e. The molecule has 6 nitrogen and oxygen atoms in total. The summed E-state index contributed by atoms with van der Waals surface area (Å²) in [5.41, 5.74) is 6.30. The maximum Gasteiger partial charge on any atom is 0.241 e. The van der Waals surface area contributed by atoms with E-state index in [-0.39, 0.29) is 22.7 Å². The van der Waals surface area contributed by atoms with Gasteiger partial charge in [0, 0.05) is 36.6 Å². The van der Waals surface area contributed by atoms with Crippen LogP contribution in [-0.4, -0.2) is 18.2 Å². The lowest BCUT2D eigenvalue weighted by Crippen LogP contribution is -2.24. The predicted octanol–water partition coefficient (Wildman–Crippen LogP) is 0.928. The highest BCUT2D eigenvalue weighted by atomic mass is 32.2. The number of benzene rings is 1. The van der Waals surface area contributed by atoms with E-state index in [0.717, 1.165) is 6.07 Å². The molecule has 108 valence electrons. The zero-order chi connectivity index (χ0) is 14.9. The SMILES string of the molecule is Cc1c(F)cc(N)cc1S(=O)(=O)NCc1cnn(C)c1. The quantitative estimate of drug-likeness (QED) is 0.822. The summed E-state index contributed by atoms with van der Waals surface area (Å²) in [7, 11) is -2.10. The second-order valence-electron chi connectivity index (χ2n) is 4.47. The molecule has 0 fully saturated rings. The standard InChI is InChI=1S/C12H15FN4O2S/c1-8-11(13)3-10(14)4-12(8)20(18,19)16-6-9-5-15-17(2)7-9/h3-5,7,16H,6,14H2,1-2H3. The lowest BCUT2D eigenvalue weighted by molar-refractivity contribution is 0.574. The van der Waals surface area contributed by atoms with Crippen LogP contribution in [0.5, 0.6) is 0 Å². The Morgan fingerprint density at radius 2 is 2.15 bits per heavy atom. The van der Waals surface area contributed by atoms with Gasteiger partial charge < -0.3 is 5.73 Å². The molecule has 8 heteroatoms. The van der Waals surface area contributed by atoms with Gasteiger partial charge >= 0.3 is 0 Å². The van der Waals surface area contributed by atoms with Gasteiger partial charge in [-0.1, -0.05) is 0 Å². The highest BCUT2D eigenvalue weighted by molar-refractivity contribution is 7.89. The van der Waals surface area contributed by atoms with E-state index in [1.165, 1.54) is 13.0 Å². The van der Waals surface area contributed by atoms with Crippen molar-refractivity contribution in [2.75, 3.05) is 5.73 Å². The van der Waals surface area contributed by atoms with Crippen LogP contribution < -0.4 is 10.5 Å². The summed E-state index contributed by atoms with van der Waals surface area (Å²) in [6, 6.07) is 2.33. The van der Waals surface area contributed by atoms with Crippen molar-refractivity contribution in [3.05, 3.63) is 41.5 Å². The Labute approximate surface area is 116 Å². The van der Waals surface area contributed by atoms with Crippen molar-refractivity contribution in [3.8, 4) is 0 Å². The van der Waals surface area contributed by atoms with E-state index in [1.54, 1.807) is 24.1 Å². The smallest absolute Gasteiger partial charge is 0.241 e. The highest BCUT2D eigenvalue weighted by Crippen LogP contribution is 2.21. The van der Waals surface area contributed by atoms with Crippen molar-refractivity contribution in [1.29, 1.82) is 0 Å². The normalized spacial score (nSPS) is 11.8. The van der Waals surface area contributed by atoms with Crippen LogP contribution in [0.2, 0.25) is 0 Å². The van der Waals surface area contributed by atoms with Gasteiger partial charge in [-0.3, -0.25) is 4.68 Å². The lowest BCUT2D eigenvalue weighted by Gasteiger charge is -2.10. The first-order chi connectivity index (χ1) is 9.29. The van der Waals surface area contributed by atoms with E-state index >= 15 is 0 Å². The molecule has 0 unspecified atom stereocenters. The topological polar surface area (TPSA) is 90.0 Å².